The molecule has 2 unspecified atom stereocenters. The van der Waals surface area contributed by atoms with E-state index < -0.39 is 11.6 Å². The third-order valence-corrected chi connectivity index (χ3v) is 2.98. The molecule has 1 rings (SSSR count). The number of benzene rings is 1. The van der Waals surface area contributed by atoms with Crippen molar-refractivity contribution in [1.29, 1.82) is 0 Å². The van der Waals surface area contributed by atoms with E-state index >= 15 is 0 Å². The first-order valence-corrected chi connectivity index (χ1v) is 5.71. The van der Waals surface area contributed by atoms with Gasteiger partial charge in [0.1, 0.15) is 11.6 Å². The molecule has 0 spiro atoms. The Bertz CT molecular complexity index is 318. The quantitative estimate of drug-likeness (QED) is 0.813. The number of nitrogens with one attached hydrogen (secondary N) is 1. The van der Waals surface area contributed by atoms with Crippen molar-refractivity contribution < 1.29 is 8.78 Å². The predicted molar refractivity (Wildman–Crippen MR) is 62.5 cm³/mol. The molecule has 0 saturated heterocycles. The van der Waals surface area contributed by atoms with Crippen LogP contribution in [0.1, 0.15) is 32.3 Å². The van der Waals surface area contributed by atoms with Gasteiger partial charge in [-0.05, 0) is 42.6 Å². The highest BCUT2D eigenvalue weighted by Crippen LogP contribution is 2.25. The number of halogens is 2. The fourth-order valence-electron chi connectivity index (χ4n) is 1.72. The maximum atomic E-state index is 13.0. The SMILES string of the molecule is CCNCC(C)C(C)c1cc(F)cc(F)c1. The summed E-state index contributed by atoms with van der Waals surface area (Å²) in [4.78, 5) is 0. The third kappa shape index (κ3) is 3.56. The summed E-state index contributed by atoms with van der Waals surface area (Å²) in [6.45, 7) is 7.88. The molecule has 0 radical (unpaired) electrons. The lowest BCUT2D eigenvalue weighted by Crippen LogP contribution is -2.24. The van der Waals surface area contributed by atoms with E-state index in [1.54, 1.807) is 0 Å². The van der Waals surface area contributed by atoms with Gasteiger partial charge in [0.2, 0.25) is 0 Å². The molecule has 0 saturated carbocycles. The molecule has 0 heterocycles. The van der Waals surface area contributed by atoms with E-state index in [9.17, 15) is 8.78 Å². The molecular formula is C13H19F2N. The molecule has 1 nitrogen and oxygen atoms in total. The molecule has 0 aliphatic carbocycles. The Labute approximate surface area is 95.9 Å². The standard InChI is InChI=1S/C13H19F2N/c1-4-16-8-9(2)10(3)11-5-12(14)7-13(15)6-11/h5-7,9-10,16H,4,8H2,1-3H3. The van der Waals surface area contributed by atoms with Gasteiger partial charge in [0.25, 0.3) is 0 Å². The minimum atomic E-state index is -0.502. The summed E-state index contributed by atoms with van der Waals surface area (Å²) in [5, 5.41) is 3.24. The van der Waals surface area contributed by atoms with Gasteiger partial charge in [-0.15, -0.1) is 0 Å². The molecule has 0 aliphatic heterocycles. The Kier molecular flexibility index (Phi) is 4.87. The van der Waals surface area contributed by atoms with Crippen LogP contribution in [0.5, 0.6) is 0 Å². The molecule has 16 heavy (non-hydrogen) atoms. The number of hydrogen-bond acceptors (Lipinski definition) is 1. The zero-order chi connectivity index (χ0) is 12.1. The minimum Gasteiger partial charge on any atom is -0.317 e. The summed E-state index contributed by atoms with van der Waals surface area (Å²) in [6, 6.07) is 3.73. The largest absolute Gasteiger partial charge is 0.317 e. The Morgan fingerprint density at radius 1 is 1.12 bits per heavy atom. The Hall–Kier alpha value is -0.960. The summed E-state index contributed by atoms with van der Waals surface area (Å²) >= 11 is 0. The van der Waals surface area contributed by atoms with Crippen LogP contribution < -0.4 is 5.32 Å². The summed E-state index contributed by atoms with van der Waals surface area (Å²) < 4.78 is 26.1. The summed E-state index contributed by atoms with van der Waals surface area (Å²) in [5.41, 5.74) is 0.725. The van der Waals surface area contributed by atoms with Crippen LogP contribution in [0.25, 0.3) is 0 Å². The van der Waals surface area contributed by atoms with Gasteiger partial charge in [0.05, 0.1) is 0 Å². The lowest BCUT2D eigenvalue weighted by atomic mass is 9.89. The van der Waals surface area contributed by atoms with Crippen LogP contribution in [0.4, 0.5) is 8.78 Å². The first-order valence-electron chi connectivity index (χ1n) is 5.71. The summed E-state index contributed by atoms with van der Waals surface area (Å²) in [5.74, 6) is -0.514. The Morgan fingerprint density at radius 2 is 1.69 bits per heavy atom. The van der Waals surface area contributed by atoms with E-state index in [1.165, 1.54) is 12.1 Å². The lowest BCUT2D eigenvalue weighted by molar-refractivity contribution is 0.449. The van der Waals surface area contributed by atoms with Gasteiger partial charge in [-0.1, -0.05) is 20.8 Å². The van der Waals surface area contributed by atoms with E-state index in [0.29, 0.717) is 5.92 Å². The van der Waals surface area contributed by atoms with Crippen molar-refractivity contribution in [3.05, 3.63) is 35.4 Å². The van der Waals surface area contributed by atoms with Gasteiger partial charge >= 0.3 is 0 Å². The zero-order valence-corrected chi connectivity index (χ0v) is 10.1. The molecule has 1 aromatic rings. The van der Waals surface area contributed by atoms with Crippen molar-refractivity contribution in [2.45, 2.75) is 26.7 Å². The molecule has 0 amide bonds. The van der Waals surface area contributed by atoms with E-state index in [4.69, 9.17) is 0 Å². The van der Waals surface area contributed by atoms with Gasteiger partial charge in [-0.25, -0.2) is 8.78 Å². The number of rotatable bonds is 5. The minimum absolute atomic E-state index is 0.143. The van der Waals surface area contributed by atoms with Gasteiger partial charge in [-0.3, -0.25) is 0 Å². The van der Waals surface area contributed by atoms with Crippen LogP contribution in [0, 0.1) is 17.6 Å². The van der Waals surface area contributed by atoms with Crippen molar-refractivity contribution in [1.82, 2.24) is 5.32 Å². The van der Waals surface area contributed by atoms with Crippen LogP contribution in [-0.2, 0) is 0 Å². The maximum absolute atomic E-state index is 13.0. The van der Waals surface area contributed by atoms with E-state index in [-0.39, 0.29) is 5.92 Å². The maximum Gasteiger partial charge on any atom is 0.126 e. The van der Waals surface area contributed by atoms with Crippen molar-refractivity contribution in [2.75, 3.05) is 13.1 Å². The van der Waals surface area contributed by atoms with Gasteiger partial charge in [0, 0.05) is 6.07 Å². The van der Waals surface area contributed by atoms with Crippen LogP contribution in [0.3, 0.4) is 0 Å². The fourth-order valence-corrected chi connectivity index (χ4v) is 1.72. The average Bonchev–Trinajstić information content (AvgIpc) is 2.23. The summed E-state index contributed by atoms with van der Waals surface area (Å²) in [7, 11) is 0. The van der Waals surface area contributed by atoms with Gasteiger partial charge < -0.3 is 5.32 Å². The molecule has 3 heteroatoms. The topological polar surface area (TPSA) is 12.0 Å². The molecule has 2 atom stereocenters. The Morgan fingerprint density at radius 3 is 2.19 bits per heavy atom. The predicted octanol–water partition coefficient (Wildman–Crippen LogP) is 3.31. The van der Waals surface area contributed by atoms with Crippen molar-refractivity contribution in [3.8, 4) is 0 Å². The molecule has 0 bridgehead atoms. The average molecular weight is 227 g/mol. The molecule has 0 aromatic heterocycles. The Balaban J connectivity index is 2.74. The fraction of sp³-hybridized carbons (Fsp3) is 0.538. The van der Waals surface area contributed by atoms with E-state index in [2.05, 4.69) is 12.2 Å². The second-order valence-electron chi connectivity index (χ2n) is 4.28. The highest BCUT2D eigenvalue weighted by Gasteiger charge is 2.15. The summed E-state index contributed by atoms with van der Waals surface area (Å²) in [6.07, 6.45) is 0. The third-order valence-electron chi connectivity index (χ3n) is 2.98. The van der Waals surface area contributed by atoms with Crippen LogP contribution in [0.2, 0.25) is 0 Å². The number of hydrogen-bond donors (Lipinski definition) is 1. The van der Waals surface area contributed by atoms with Gasteiger partial charge in [0.15, 0.2) is 0 Å². The van der Waals surface area contributed by atoms with Crippen molar-refractivity contribution in [3.63, 3.8) is 0 Å². The molecule has 0 fully saturated rings. The van der Waals surface area contributed by atoms with Crippen molar-refractivity contribution >= 4 is 0 Å². The van der Waals surface area contributed by atoms with Gasteiger partial charge in [-0.2, -0.15) is 0 Å². The molecular weight excluding hydrogens is 208 g/mol. The van der Waals surface area contributed by atoms with Crippen LogP contribution in [0.15, 0.2) is 18.2 Å². The van der Waals surface area contributed by atoms with Crippen LogP contribution in [-0.4, -0.2) is 13.1 Å². The molecule has 1 aromatic carbocycles. The molecule has 0 aliphatic rings. The first-order chi connectivity index (χ1) is 7.54. The van der Waals surface area contributed by atoms with Crippen LogP contribution >= 0.6 is 0 Å². The normalized spacial score (nSPS) is 14.8. The smallest absolute Gasteiger partial charge is 0.126 e. The highest BCUT2D eigenvalue weighted by molar-refractivity contribution is 5.22. The van der Waals surface area contributed by atoms with E-state index in [0.717, 1.165) is 24.7 Å². The zero-order valence-electron chi connectivity index (χ0n) is 10.1. The monoisotopic (exact) mass is 227 g/mol. The second-order valence-corrected chi connectivity index (χ2v) is 4.28. The first kappa shape index (κ1) is 13.1. The van der Waals surface area contributed by atoms with E-state index in [1.807, 2.05) is 13.8 Å². The second kappa shape index (κ2) is 5.94. The lowest BCUT2D eigenvalue weighted by Gasteiger charge is -2.20. The highest BCUT2D eigenvalue weighted by atomic mass is 19.1. The van der Waals surface area contributed by atoms with Crippen molar-refractivity contribution in [2.24, 2.45) is 5.92 Å². The molecule has 90 valence electrons. The molecule has 1 N–H and O–H groups in total.